The number of pyridine rings is 2. The molecule has 3 heteroatoms. The minimum absolute atomic E-state index is 0. The molecule has 0 amide bonds. The molecule has 6 rings (SSSR count). The Hall–Kier alpha value is -3.56. The summed E-state index contributed by atoms with van der Waals surface area (Å²) in [5, 5.41) is 0. The van der Waals surface area contributed by atoms with Crippen molar-refractivity contribution in [2.75, 3.05) is 0 Å². The summed E-state index contributed by atoms with van der Waals surface area (Å²) in [6.45, 7) is 0. The Morgan fingerprint density at radius 2 is 1.27 bits per heavy atom. The molecule has 0 N–H and O–H groups in total. The Morgan fingerprint density at radius 3 is 2.00 bits per heavy atom. The van der Waals surface area contributed by atoms with E-state index in [4.69, 9.17) is 4.98 Å². The van der Waals surface area contributed by atoms with Gasteiger partial charge in [0.05, 0.1) is 0 Å². The summed E-state index contributed by atoms with van der Waals surface area (Å²) >= 11 is 0. The molecule has 0 spiro atoms. The monoisotopic (exact) mass is 490 g/mol. The standard InChI is InChI=1S/C30H23N2.BrH/c1-3-11-22(12-4-1)27-21-28(24-14-5-2-6-15-24)32(29-17-9-10-20-31-29)30-25-16-8-7-13-23(25)18-19-26(27)30;/h1-17,20-21H,18-19H2;1H/q+1;/p-1. The van der Waals surface area contributed by atoms with Crippen molar-refractivity contribution in [1.82, 2.24) is 4.98 Å². The predicted molar refractivity (Wildman–Crippen MR) is 129 cm³/mol. The van der Waals surface area contributed by atoms with Crippen LogP contribution in [0.3, 0.4) is 0 Å². The van der Waals surface area contributed by atoms with Gasteiger partial charge in [0.1, 0.15) is 17.6 Å². The number of benzene rings is 3. The van der Waals surface area contributed by atoms with Gasteiger partial charge in [0, 0.05) is 22.8 Å². The van der Waals surface area contributed by atoms with Gasteiger partial charge < -0.3 is 17.0 Å². The van der Waals surface area contributed by atoms with Crippen LogP contribution in [-0.2, 0) is 12.8 Å². The van der Waals surface area contributed by atoms with Crippen molar-refractivity contribution < 1.29 is 21.5 Å². The van der Waals surface area contributed by atoms with E-state index < -0.39 is 0 Å². The van der Waals surface area contributed by atoms with Crippen molar-refractivity contribution in [2.24, 2.45) is 0 Å². The molecule has 2 aromatic heterocycles. The Morgan fingerprint density at radius 1 is 0.606 bits per heavy atom. The smallest absolute Gasteiger partial charge is 0.328 e. The van der Waals surface area contributed by atoms with E-state index in [2.05, 4.69) is 108 Å². The summed E-state index contributed by atoms with van der Waals surface area (Å²) in [6, 6.07) is 38.7. The molecule has 0 aliphatic heterocycles. The highest BCUT2D eigenvalue weighted by Crippen LogP contribution is 2.39. The average molecular weight is 491 g/mol. The van der Waals surface area contributed by atoms with Crippen LogP contribution in [-0.4, -0.2) is 4.98 Å². The number of fused-ring (bicyclic) bond motifs is 3. The topological polar surface area (TPSA) is 16.8 Å². The third-order valence-electron chi connectivity index (χ3n) is 6.31. The molecule has 33 heavy (non-hydrogen) atoms. The van der Waals surface area contributed by atoms with Gasteiger partial charge in [0.25, 0.3) is 0 Å². The summed E-state index contributed by atoms with van der Waals surface area (Å²) < 4.78 is 2.36. The maximum atomic E-state index is 4.78. The second-order valence-electron chi connectivity index (χ2n) is 8.18. The SMILES string of the molecule is [Br-].c1ccc(-c2cc(-c3ccccc3)[n+](-c3ccccn3)c3c2CCc2ccccc2-3)cc1. The van der Waals surface area contributed by atoms with E-state index in [9.17, 15) is 0 Å². The maximum Gasteiger partial charge on any atom is 0.328 e. The molecule has 1 aliphatic carbocycles. The van der Waals surface area contributed by atoms with Crippen LogP contribution in [0.4, 0.5) is 0 Å². The van der Waals surface area contributed by atoms with Crippen molar-refractivity contribution in [3.8, 4) is 39.5 Å². The van der Waals surface area contributed by atoms with Crippen LogP contribution in [0.25, 0.3) is 39.5 Å². The van der Waals surface area contributed by atoms with Gasteiger partial charge in [-0.3, -0.25) is 0 Å². The Bertz CT molecular complexity index is 1400. The largest absolute Gasteiger partial charge is 1.00 e. The van der Waals surface area contributed by atoms with E-state index in [1.54, 1.807) is 0 Å². The van der Waals surface area contributed by atoms with E-state index in [1.165, 1.54) is 39.1 Å². The number of hydrogen-bond acceptors (Lipinski definition) is 1. The van der Waals surface area contributed by atoms with Crippen LogP contribution in [0.5, 0.6) is 0 Å². The first-order valence-electron chi connectivity index (χ1n) is 11.1. The van der Waals surface area contributed by atoms with Gasteiger partial charge in [-0.25, -0.2) is 0 Å². The van der Waals surface area contributed by atoms with Crippen molar-refractivity contribution in [2.45, 2.75) is 12.8 Å². The number of nitrogens with zero attached hydrogens (tertiary/aromatic N) is 2. The molecule has 1 aliphatic rings. The zero-order valence-electron chi connectivity index (χ0n) is 18.2. The minimum atomic E-state index is 0. The second-order valence-corrected chi connectivity index (χ2v) is 8.18. The van der Waals surface area contributed by atoms with E-state index >= 15 is 0 Å². The van der Waals surface area contributed by atoms with Crippen molar-refractivity contribution in [3.05, 3.63) is 127 Å². The lowest BCUT2D eigenvalue weighted by atomic mass is 9.83. The molecular formula is C30H23BrN2. The summed E-state index contributed by atoms with van der Waals surface area (Å²) in [6.07, 6.45) is 3.94. The van der Waals surface area contributed by atoms with E-state index in [1.807, 2.05) is 12.3 Å². The highest BCUT2D eigenvalue weighted by molar-refractivity contribution is 5.81. The van der Waals surface area contributed by atoms with E-state index in [-0.39, 0.29) is 17.0 Å². The lowest BCUT2D eigenvalue weighted by Gasteiger charge is -2.25. The number of rotatable bonds is 3. The number of halogens is 1. The number of aromatic nitrogens is 2. The lowest BCUT2D eigenvalue weighted by Crippen LogP contribution is -3.00. The fraction of sp³-hybridized carbons (Fsp3) is 0.0667. The lowest BCUT2D eigenvalue weighted by molar-refractivity contribution is -0.576. The first kappa shape index (κ1) is 21.3. The molecular weight excluding hydrogens is 468 g/mol. The van der Waals surface area contributed by atoms with Crippen molar-refractivity contribution >= 4 is 0 Å². The van der Waals surface area contributed by atoms with Gasteiger partial charge in [-0.2, -0.15) is 4.57 Å². The molecule has 0 unspecified atom stereocenters. The van der Waals surface area contributed by atoms with Gasteiger partial charge in [-0.05, 0) is 46.6 Å². The fourth-order valence-corrected chi connectivity index (χ4v) is 4.86. The summed E-state index contributed by atoms with van der Waals surface area (Å²) in [7, 11) is 0. The van der Waals surface area contributed by atoms with E-state index in [0.29, 0.717) is 0 Å². The molecule has 3 aromatic carbocycles. The van der Waals surface area contributed by atoms with Crippen LogP contribution in [0.1, 0.15) is 11.1 Å². The van der Waals surface area contributed by atoms with Gasteiger partial charge in [-0.15, -0.1) is 0 Å². The first-order valence-corrected chi connectivity index (χ1v) is 11.1. The Balaban J connectivity index is 0.00000228. The minimum Gasteiger partial charge on any atom is -1.00 e. The molecule has 2 nitrogen and oxygen atoms in total. The van der Waals surface area contributed by atoms with Crippen LogP contribution in [0, 0.1) is 0 Å². The molecule has 0 radical (unpaired) electrons. The Labute approximate surface area is 205 Å². The van der Waals surface area contributed by atoms with Gasteiger partial charge in [-0.1, -0.05) is 91.0 Å². The highest BCUT2D eigenvalue weighted by atomic mass is 79.9. The van der Waals surface area contributed by atoms with Crippen LogP contribution >= 0.6 is 0 Å². The second kappa shape index (κ2) is 9.13. The molecule has 0 saturated heterocycles. The Kier molecular flexibility index (Phi) is 5.89. The van der Waals surface area contributed by atoms with Crippen molar-refractivity contribution in [3.63, 3.8) is 0 Å². The molecule has 0 fully saturated rings. The molecule has 0 atom stereocenters. The van der Waals surface area contributed by atoms with Gasteiger partial charge in [0.15, 0.2) is 0 Å². The summed E-state index contributed by atoms with van der Waals surface area (Å²) in [5.74, 6) is 0.943. The number of hydrogen-bond donors (Lipinski definition) is 0. The molecule has 0 bridgehead atoms. The molecule has 0 saturated carbocycles. The zero-order chi connectivity index (χ0) is 21.3. The third kappa shape index (κ3) is 3.79. The first-order chi connectivity index (χ1) is 15.9. The summed E-state index contributed by atoms with van der Waals surface area (Å²) in [5.41, 5.74) is 10.2. The summed E-state index contributed by atoms with van der Waals surface area (Å²) in [4.78, 5) is 4.78. The molecule has 5 aromatic rings. The predicted octanol–water partition coefficient (Wildman–Crippen LogP) is 3.46. The van der Waals surface area contributed by atoms with Gasteiger partial charge in [0.2, 0.25) is 0 Å². The normalized spacial score (nSPS) is 11.8. The van der Waals surface area contributed by atoms with Crippen molar-refractivity contribution in [1.29, 1.82) is 0 Å². The van der Waals surface area contributed by atoms with E-state index in [0.717, 1.165) is 24.4 Å². The molecule has 2 heterocycles. The van der Waals surface area contributed by atoms with Crippen LogP contribution < -0.4 is 21.5 Å². The highest BCUT2D eigenvalue weighted by Gasteiger charge is 2.30. The van der Waals surface area contributed by atoms with Crippen LogP contribution in [0.15, 0.2) is 115 Å². The number of aryl methyl sites for hydroxylation is 1. The van der Waals surface area contributed by atoms with Crippen LogP contribution in [0.2, 0.25) is 0 Å². The average Bonchev–Trinajstić information content (AvgIpc) is 2.89. The quantitative estimate of drug-likeness (QED) is 0.354. The third-order valence-corrected chi connectivity index (χ3v) is 6.31. The zero-order valence-corrected chi connectivity index (χ0v) is 19.7. The van der Waals surface area contributed by atoms with Gasteiger partial charge >= 0.3 is 5.82 Å². The fourth-order valence-electron chi connectivity index (χ4n) is 4.86. The maximum absolute atomic E-state index is 4.78. The molecule has 160 valence electrons.